The van der Waals surface area contributed by atoms with Gasteiger partial charge in [-0.25, -0.2) is 0 Å². The molecule has 1 aliphatic rings. The largest absolute Gasteiger partial charge is 0.359 e. The van der Waals surface area contributed by atoms with Crippen LogP contribution in [0.25, 0.3) is 0 Å². The van der Waals surface area contributed by atoms with Crippen molar-refractivity contribution in [3.8, 4) is 0 Å². The van der Waals surface area contributed by atoms with Gasteiger partial charge in [-0.1, -0.05) is 0 Å². The highest BCUT2D eigenvalue weighted by Gasteiger charge is 2.42. The summed E-state index contributed by atoms with van der Waals surface area (Å²) < 4.78 is 0. The summed E-state index contributed by atoms with van der Waals surface area (Å²) in [5, 5.41) is 5.00. The highest BCUT2D eigenvalue weighted by molar-refractivity contribution is 6.35. The molecule has 0 aromatic heterocycles. The number of rotatable bonds is 3. The van der Waals surface area contributed by atoms with E-state index in [1.807, 2.05) is 0 Å². The molecule has 1 fully saturated rings. The van der Waals surface area contributed by atoms with E-state index >= 15 is 0 Å². The van der Waals surface area contributed by atoms with Gasteiger partial charge in [0.05, 0.1) is 5.41 Å². The lowest BCUT2D eigenvalue weighted by Crippen LogP contribution is -2.45. The summed E-state index contributed by atoms with van der Waals surface area (Å²) in [5.74, 6) is -1.38. The lowest BCUT2D eigenvalue weighted by Gasteiger charge is -2.22. The Morgan fingerprint density at radius 3 is 2.61 bits per heavy atom. The molecule has 0 radical (unpaired) electrons. The van der Waals surface area contributed by atoms with E-state index < -0.39 is 17.2 Å². The van der Waals surface area contributed by atoms with Gasteiger partial charge in [-0.05, 0) is 13.3 Å². The Labute approximate surface area is 106 Å². The highest BCUT2D eigenvalue weighted by atomic mass is 16.2. The van der Waals surface area contributed by atoms with Crippen molar-refractivity contribution in [2.45, 2.75) is 13.3 Å². The molecule has 18 heavy (non-hydrogen) atoms. The van der Waals surface area contributed by atoms with Gasteiger partial charge in [0, 0.05) is 33.2 Å². The number of likely N-dealkylation sites (tertiary alicyclic amines) is 1. The predicted octanol–water partition coefficient (Wildman–Crippen LogP) is -1.95. The SMILES string of the molecule is CNC(=O)C1(C)CCN(C(=O)C(=O)NCCN)C1. The molecule has 7 nitrogen and oxygen atoms in total. The van der Waals surface area contributed by atoms with Gasteiger partial charge in [-0.2, -0.15) is 0 Å². The van der Waals surface area contributed by atoms with Crippen molar-refractivity contribution in [3.63, 3.8) is 0 Å². The van der Waals surface area contributed by atoms with Crippen molar-refractivity contribution in [3.05, 3.63) is 0 Å². The first kappa shape index (κ1) is 14.4. The van der Waals surface area contributed by atoms with E-state index in [1.54, 1.807) is 14.0 Å². The molecule has 1 saturated heterocycles. The van der Waals surface area contributed by atoms with Crippen LogP contribution in [-0.2, 0) is 14.4 Å². The number of nitrogens with zero attached hydrogens (tertiary/aromatic N) is 1. The van der Waals surface area contributed by atoms with Crippen molar-refractivity contribution in [2.75, 3.05) is 33.2 Å². The number of carbonyl (C=O) groups excluding carboxylic acids is 3. The predicted molar refractivity (Wildman–Crippen MR) is 65.4 cm³/mol. The van der Waals surface area contributed by atoms with Crippen molar-refractivity contribution in [1.29, 1.82) is 0 Å². The Morgan fingerprint density at radius 2 is 2.06 bits per heavy atom. The fourth-order valence-electron chi connectivity index (χ4n) is 2.03. The van der Waals surface area contributed by atoms with Crippen LogP contribution in [0, 0.1) is 5.41 Å². The smallest absolute Gasteiger partial charge is 0.311 e. The van der Waals surface area contributed by atoms with Crippen LogP contribution in [0.2, 0.25) is 0 Å². The number of nitrogens with one attached hydrogen (secondary N) is 2. The van der Waals surface area contributed by atoms with Crippen molar-refractivity contribution in [1.82, 2.24) is 15.5 Å². The summed E-state index contributed by atoms with van der Waals surface area (Å²) in [6.45, 7) is 3.03. The van der Waals surface area contributed by atoms with E-state index in [2.05, 4.69) is 10.6 Å². The van der Waals surface area contributed by atoms with Gasteiger partial charge in [-0.3, -0.25) is 14.4 Å². The second-order valence-corrected chi connectivity index (χ2v) is 4.66. The highest BCUT2D eigenvalue weighted by Crippen LogP contribution is 2.29. The zero-order valence-corrected chi connectivity index (χ0v) is 10.8. The van der Waals surface area contributed by atoms with Crippen LogP contribution < -0.4 is 16.4 Å². The molecule has 7 heteroatoms. The second-order valence-electron chi connectivity index (χ2n) is 4.66. The Bertz CT molecular complexity index is 358. The summed E-state index contributed by atoms with van der Waals surface area (Å²) in [6.07, 6.45) is 0.558. The van der Waals surface area contributed by atoms with E-state index in [4.69, 9.17) is 5.73 Å². The maximum absolute atomic E-state index is 11.8. The fourth-order valence-corrected chi connectivity index (χ4v) is 2.03. The molecule has 3 amide bonds. The first-order valence-corrected chi connectivity index (χ1v) is 5.94. The molecule has 1 unspecified atom stereocenters. The van der Waals surface area contributed by atoms with E-state index in [0.717, 1.165) is 0 Å². The lowest BCUT2D eigenvalue weighted by molar-refractivity contribution is -0.145. The normalized spacial score (nSPS) is 22.7. The average molecular weight is 256 g/mol. The van der Waals surface area contributed by atoms with Gasteiger partial charge >= 0.3 is 11.8 Å². The molecule has 0 aliphatic carbocycles. The van der Waals surface area contributed by atoms with Crippen LogP contribution in [0.15, 0.2) is 0 Å². The first-order valence-electron chi connectivity index (χ1n) is 5.94. The van der Waals surface area contributed by atoms with E-state index in [9.17, 15) is 14.4 Å². The Hall–Kier alpha value is -1.63. The van der Waals surface area contributed by atoms with Crippen LogP contribution >= 0.6 is 0 Å². The number of carbonyl (C=O) groups is 3. The number of nitrogens with two attached hydrogens (primary N) is 1. The van der Waals surface area contributed by atoms with Crippen LogP contribution in [0.3, 0.4) is 0 Å². The first-order chi connectivity index (χ1) is 8.44. The minimum atomic E-state index is -0.665. The van der Waals surface area contributed by atoms with E-state index in [0.29, 0.717) is 13.0 Å². The molecule has 1 heterocycles. The summed E-state index contributed by atoms with van der Waals surface area (Å²) in [7, 11) is 1.56. The van der Waals surface area contributed by atoms with Gasteiger partial charge < -0.3 is 21.3 Å². The van der Waals surface area contributed by atoms with Gasteiger partial charge in [0.1, 0.15) is 0 Å². The Kier molecular flexibility index (Phi) is 4.66. The van der Waals surface area contributed by atoms with Crippen molar-refractivity contribution in [2.24, 2.45) is 11.1 Å². The molecule has 1 aliphatic heterocycles. The molecule has 1 atom stereocenters. The third kappa shape index (κ3) is 2.98. The van der Waals surface area contributed by atoms with Crippen LogP contribution in [0.1, 0.15) is 13.3 Å². The standard InChI is InChI=1S/C11H20N4O3/c1-11(10(18)13-2)3-6-15(7-11)9(17)8(16)14-5-4-12/h3-7,12H2,1-2H3,(H,13,18)(H,14,16). The fraction of sp³-hybridized carbons (Fsp3) is 0.727. The van der Waals surface area contributed by atoms with Crippen molar-refractivity contribution < 1.29 is 14.4 Å². The molecule has 0 saturated carbocycles. The third-order valence-corrected chi connectivity index (χ3v) is 3.16. The lowest BCUT2D eigenvalue weighted by atomic mass is 9.89. The van der Waals surface area contributed by atoms with Gasteiger partial charge in [0.25, 0.3) is 0 Å². The minimum absolute atomic E-state index is 0.111. The van der Waals surface area contributed by atoms with Crippen LogP contribution in [-0.4, -0.2) is 55.8 Å². The van der Waals surface area contributed by atoms with Crippen LogP contribution in [0.4, 0.5) is 0 Å². The zero-order chi connectivity index (χ0) is 13.8. The average Bonchev–Trinajstić information content (AvgIpc) is 2.77. The molecule has 0 bridgehead atoms. The molecule has 1 rings (SSSR count). The number of hydrogen-bond donors (Lipinski definition) is 3. The molecular weight excluding hydrogens is 236 g/mol. The molecule has 0 spiro atoms. The maximum Gasteiger partial charge on any atom is 0.311 e. The van der Waals surface area contributed by atoms with Crippen LogP contribution in [0.5, 0.6) is 0 Å². The summed E-state index contributed by atoms with van der Waals surface area (Å²) in [6, 6.07) is 0. The maximum atomic E-state index is 11.8. The van der Waals surface area contributed by atoms with E-state index in [-0.39, 0.29) is 25.5 Å². The van der Waals surface area contributed by atoms with E-state index in [1.165, 1.54) is 4.90 Å². The summed E-state index contributed by atoms with van der Waals surface area (Å²) in [4.78, 5) is 36.4. The number of hydrogen-bond acceptors (Lipinski definition) is 4. The molecule has 0 aromatic rings. The monoisotopic (exact) mass is 256 g/mol. The molecule has 0 aromatic carbocycles. The molecule has 102 valence electrons. The molecular formula is C11H20N4O3. The quantitative estimate of drug-likeness (QED) is 0.510. The Balaban J connectivity index is 2.58. The molecule has 4 N–H and O–H groups in total. The second kappa shape index (κ2) is 5.81. The Morgan fingerprint density at radius 1 is 1.39 bits per heavy atom. The van der Waals surface area contributed by atoms with Crippen molar-refractivity contribution >= 4 is 17.7 Å². The topological polar surface area (TPSA) is 105 Å². The summed E-state index contributed by atoms with van der Waals surface area (Å²) in [5.41, 5.74) is 4.63. The van der Waals surface area contributed by atoms with Gasteiger partial charge in [0.15, 0.2) is 0 Å². The van der Waals surface area contributed by atoms with Gasteiger partial charge in [0.2, 0.25) is 5.91 Å². The summed E-state index contributed by atoms with van der Waals surface area (Å²) >= 11 is 0. The minimum Gasteiger partial charge on any atom is -0.359 e. The zero-order valence-electron chi connectivity index (χ0n) is 10.8. The van der Waals surface area contributed by atoms with Gasteiger partial charge in [-0.15, -0.1) is 0 Å². The third-order valence-electron chi connectivity index (χ3n) is 3.16. The number of amides is 3.